The zero-order valence-corrected chi connectivity index (χ0v) is 14.6. The maximum absolute atomic E-state index is 12.0. The number of carbonyl (C=O) groups is 1. The van der Waals surface area contributed by atoms with Crippen LogP contribution in [0.25, 0.3) is 0 Å². The molecular weight excluding hydrogens is 276 g/mol. The minimum atomic E-state index is -1.17. The molecule has 0 spiro atoms. The molecule has 21 heavy (non-hydrogen) atoms. The number of ether oxygens (including phenoxy) is 1. The first-order valence-corrected chi connectivity index (χ1v) is 11.4. The van der Waals surface area contributed by atoms with Crippen molar-refractivity contribution >= 4 is 14.0 Å². The van der Waals surface area contributed by atoms with Gasteiger partial charge in [0.15, 0.2) is 0 Å². The van der Waals surface area contributed by atoms with Gasteiger partial charge in [-0.25, -0.2) is 0 Å². The highest BCUT2D eigenvalue weighted by Gasteiger charge is 2.30. The zero-order chi connectivity index (χ0) is 15.5. The van der Waals surface area contributed by atoms with Crippen LogP contribution in [0.15, 0.2) is 42.0 Å². The Hall–Kier alpha value is -1.35. The van der Waals surface area contributed by atoms with E-state index in [-0.39, 0.29) is 11.9 Å². The normalized spacial score (nSPS) is 22.6. The predicted octanol–water partition coefficient (Wildman–Crippen LogP) is 4.62. The van der Waals surface area contributed by atoms with Crippen molar-refractivity contribution in [1.82, 2.24) is 0 Å². The lowest BCUT2D eigenvalue weighted by molar-refractivity contribution is -0.145. The van der Waals surface area contributed by atoms with Gasteiger partial charge in [-0.15, -0.1) is 0 Å². The number of carbonyl (C=O) groups excluding carboxylic acids is 1. The number of hydrogen-bond acceptors (Lipinski definition) is 2. The molecule has 0 saturated carbocycles. The van der Waals surface area contributed by atoms with E-state index in [2.05, 4.69) is 50.0 Å². The molecule has 0 bridgehead atoms. The van der Waals surface area contributed by atoms with E-state index in [1.54, 1.807) is 0 Å². The monoisotopic (exact) mass is 302 g/mol. The smallest absolute Gasteiger partial charge is 0.309 e. The number of allylic oxidation sites excluding steroid dienone is 2. The van der Waals surface area contributed by atoms with Gasteiger partial charge in [-0.3, -0.25) is 4.79 Å². The molecule has 114 valence electrons. The van der Waals surface area contributed by atoms with Crippen LogP contribution in [0.4, 0.5) is 0 Å². The molecule has 0 aromatic heterocycles. The fourth-order valence-corrected chi connectivity index (χ4v) is 4.84. The maximum Gasteiger partial charge on any atom is 0.309 e. The van der Waals surface area contributed by atoms with Crippen LogP contribution in [0.5, 0.6) is 0 Å². The fourth-order valence-electron chi connectivity index (χ4n) is 3.22. The van der Waals surface area contributed by atoms with Crippen molar-refractivity contribution in [2.24, 2.45) is 5.92 Å². The van der Waals surface area contributed by atoms with Crippen LogP contribution in [0.2, 0.25) is 25.7 Å². The number of hydrogen-bond donors (Lipinski definition) is 0. The molecular formula is C18H26O2Si. The molecule has 0 N–H and O–H groups in total. The molecule has 2 nitrogen and oxygen atoms in total. The molecule has 1 aliphatic rings. The summed E-state index contributed by atoms with van der Waals surface area (Å²) in [6.45, 7) is 7.15. The molecule has 1 aromatic rings. The standard InChI is InChI=1S/C18H26O2Si/c1-20-18(19)17-11-14(13-21(2,3)4)10-16(12-17)15-8-6-5-7-9-15/h5-10,16-17H,11-13H2,1-4H3. The van der Waals surface area contributed by atoms with Gasteiger partial charge < -0.3 is 4.74 Å². The SMILES string of the molecule is COC(=O)C1CC(C[Si](C)(C)C)=CC(c2ccccc2)C1. The van der Waals surface area contributed by atoms with E-state index in [0.717, 1.165) is 12.8 Å². The van der Waals surface area contributed by atoms with Gasteiger partial charge in [0.1, 0.15) is 0 Å². The first kappa shape index (κ1) is 16.0. The Morgan fingerprint density at radius 3 is 2.48 bits per heavy atom. The summed E-state index contributed by atoms with van der Waals surface area (Å²) in [6.07, 6.45) is 4.15. The zero-order valence-electron chi connectivity index (χ0n) is 13.6. The first-order valence-electron chi connectivity index (χ1n) is 7.71. The van der Waals surface area contributed by atoms with Crippen LogP contribution in [0.3, 0.4) is 0 Å². The third-order valence-corrected chi connectivity index (χ3v) is 5.52. The largest absolute Gasteiger partial charge is 0.469 e. The quantitative estimate of drug-likeness (QED) is 0.461. The Balaban J connectivity index is 2.26. The second-order valence-electron chi connectivity index (χ2n) is 7.24. The Labute approximate surface area is 129 Å². The van der Waals surface area contributed by atoms with E-state index < -0.39 is 8.07 Å². The second kappa shape index (κ2) is 6.61. The van der Waals surface area contributed by atoms with Crippen molar-refractivity contribution in [2.75, 3.05) is 7.11 Å². The molecule has 3 heteroatoms. The third-order valence-electron chi connectivity index (χ3n) is 4.00. The highest BCUT2D eigenvalue weighted by Crippen LogP contribution is 2.38. The summed E-state index contributed by atoms with van der Waals surface area (Å²) in [5, 5.41) is 0. The lowest BCUT2D eigenvalue weighted by Crippen LogP contribution is -2.26. The maximum atomic E-state index is 12.0. The van der Waals surface area contributed by atoms with E-state index >= 15 is 0 Å². The van der Waals surface area contributed by atoms with Gasteiger partial charge in [-0.1, -0.05) is 61.6 Å². The van der Waals surface area contributed by atoms with Crippen molar-refractivity contribution in [3.05, 3.63) is 47.5 Å². The minimum absolute atomic E-state index is 0.0107. The second-order valence-corrected chi connectivity index (χ2v) is 12.7. The Morgan fingerprint density at radius 1 is 1.24 bits per heavy atom. The van der Waals surface area contributed by atoms with Crippen LogP contribution >= 0.6 is 0 Å². The van der Waals surface area contributed by atoms with Crippen molar-refractivity contribution in [3.8, 4) is 0 Å². The number of esters is 1. The fraction of sp³-hybridized carbons (Fsp3) is 0.500. The molecule has 0 fully saturated rings. The van der Waals surface area contributed by atoms with Gasteiger partial charge >= 0.3 is 5.97 Å². The Bertz CT molecular complexity index is 514. The van der Waals surface area contributed by atoms with Crippen LogP contribution in [-0.2, 0) is 9.53 Å². The average molecular weight is 302 g/mol. The number of methoxy groups -OCH3 is 1. The summed E-state index contributed by atoms with van der Waals surface area (Å²) >= 11 is 0. The summed E-state index contributed by atoms with van der Waals surface area (Å²) in [4.78, 5) is 12.0. The summed E-state index contributed by atoms with van der Waals surface area (Å²) in [7, 11) is 0.326. The molecule has 0 radical (unpaired) electrons. The van der Waals surface area contributed by atoms with E-state index in [9.17, 15) is 4.79 Å². The Kier molecular flexibility index (Phi) is 5.04. The molecule has 1 aromatic carbocycles. The molecule has 1 aliphatic carbocycles. The van der Waals surface area contributed by atoms with Gasteiger partial charge in [0.2, 0.25) is 0 Å². The lowest BCUT2D eigenvalue weighted by Gasteiger charge is -2.30. The van der Waals surface area contributed by atoms with Gasteiger partial charge in [0.05, 0.1) is 13.0 Å². The van der Waals surface area contributed by atoms with Crippen molar-refractivity contribution < 1.29 is 9.53 Å². The molecule has 0 saturated heterocycles. The van der Waals surface area contributed by atoms with Crippen LogP contribution < -0.4 is 0 Å². The Morgan fingerprint density at radius 2 is 1.90 bits per heavy atom. The van der Waals surface area contributed by atoms with E-state index in [4.69, 9.17) is 4.74 Å². The summed E-state index contributed by atoms with van der Waals surface area (Å²) in [5.74, 6) is 0.295. The van der Waals surface area contributed by atoms with E-state index in [1.165, 1.54) is 24.3 Å². The summed E-state index contributed by atoms with van der Waals surface area (Å²) in [6, 6.07) is 11.7. The van der Waals surface area contributed by atoms with E-state index in [0.29, 0.717) is 5.92 Å². The highest BCUT2D eigenvalue weighted by atomic mass is 28.3. The van der Waals surface area contributed by atoms with Gasteiger partial charge in [0.25, 0.3) is 0 Å². The highest BCUT2D eigenvalue weighted by molar-refractivity contribution is 6.76. The first-order chi connectivity index (χ1) is 9.89. The average Bonchev–Trinajstić information content (AvgIpc) is 2.45. The van der Waals surface area contributed by atoms with Gasteiger partial charge in [0, 0.05) is 14.0 Å². The molecule has 2 atom stereocenters. The molecule has 0 amide bonds. The molecule has 2 unspecified atom stereocenters. The van der Waals surface area contributed by atoms with Crippen LogP contribution in [-0.4, -0.2) is 21.2 Å². The van der Waals surface area contributed by atoms with Gasteiger partial charge in [-0.05, 0) is 24.4 Å². The molecule has 0 aliphatic heterocycles. The van der Waals surface area contributed by atoms with Crippen molar-refractivity contribution in [1.29, 1.82) is 0 Å². The summed E-state index contributed by atoms with van der Waals surface area (Å²) < 4.78 is 5.00. The third kappa shape index (κ3) is 4.56. The van der Waals surface area contributed by atoms with Crippen molar-refractivity contribution in [2.45, 2.75) is 44.4 Å². The molecule has 2 rings (SSSR count). The molecule has 0 heterocycles. The summed E-state index contributed by atoms with van der Waals surface area (Å²) in [5.41, 5.74) is 2.75. The van der Waals surface area contributed by atoms with Crippen LogP contribution in [0, 0.1) is 5.92 Å². The number of rotatable bonds is 4. The van der Waals surface area contributed by atoms with Crippen molar-refractivity contribution in [3.63, 3.8) is 0 Å². The van der Waals surface area contributed by atoms with E-state index in [1.807, 2.05) is 6.07 Å². The predicted molar refractivity (Wildman–Crippen MR) is 90.2 cm³/mol. The lowest BCUT2D eigenvalue weighted by atomic mass is 9.79. The van der Waals surface area contributed by atoms with Crippen LogP contribution in [0.1, 0.15) is 24.3 Å². The number of benzene rings is 1. The topological polar surface area (TPSA) is 26.3 Å². The minimum Gasteiger partial charge on any atom is -0.469 e. The van der Waals surface area contributed by atoms with Gasteiger partial charge in [-0.2, -0.15) is 0 Å².